The van der Waals surface area contributed by atoms with E-state index in [1.807, 2.05) is 0 Å². The summed E-state index contributed by atoms with van der Waals surface area (Å²) in [6.07, 6.45) is 2.20. The lowest BCUT2D eigenvalue weighted by Gasteiger charge is -2.10. The quantitative estimate of drug-likeness (QED) is 0.730. The second-order valence-electron chi connectivity index (χ2n) is 3.10. The van der Waals surface area contributed by atoms with Gasteiger partial charge in [-0.2, -0.15) is 0 Å². The van der Waals surface area contributed by atoms with Gasteiger partial charge in [0.15, 0.2) is 0 Å². The van der Waals surface area contributed by atoms with E-state index in [1.54, 1.807) is 0 Å². The molecular weight excluding hydrogens is 259 g/mol. The van der Waals surface area contributed by atoms with Crippen molar-refractivity contribution in [1.82, 2.24) is 0 Å². The molecule has 0 saturated carbocycles. The first-order valence-electron chi connectivity index (χ1n) is 4.28. The van der Waals surface area contributed by atoms with Crippen LogP contribution < -0.4 is 0 Å². The predicted octanol–water partition coefficient (Wildman–Crippen LogP) is 4.01. The van der Waals surface area contributed by atoms with Crippen LogP contribution in [0.5, 0.6) is 0 Å². The van der Waals surface area contributed by atoms with Gasteiger partial charge in [0, 0.05) is 3.57 Å². The Balaban J connectivity index is 2.73. The Morgan fingerprint density at radius 2 is 2.25 bits per heavy atom. The van der Waals surface area contributed by atoms with E-state index in [2.05, 4.69) is 60.7 Å². The molecule has 1 radical (unpaired) electrons. The van der Waals surface area contributed by atoms with Crippen LogP contribution in [0.4, 0.5) is 0 Å². The highest BCUT2D eigenvalue weighted by Crippen LogP contribution is 2.21. The molecule has 0 aliphatic heterocycles. The molecule has 0 heterocycles. The van der Waals surface area contributed by atoms with Crippen LogP contribution in [0.1, 0.15) is 31.2 Å². The van der Waals surface area contributed by atoms with Crippen LogP contribution in [0.2, 0.25) is 0 Å². The lowest BCUT2D eigenvalue weighted by atomic mass is 9.97. The normalized spacial score (nSPS) is 12.9. The van der Waals surface area contributed by atoms with Crippen molar-refractivity contribution in [2.24, 2.45) is 0 Å². The zero-order valence-corrected chi connectivity index (χ0v) is 9.54. The van der Waals surface area contributed by atoms with Gasteiger partial charge in [-0.3, -0.25) is 0 Å². The predicted molar refractivity (Wildman–Crippen MR) is 62.2 cm³/mol. The van der Waals surface area contributed by atoms with Crippen LogP contribution in [0.15, 0.2) is 24.3 Å². The molecule has 12 heavy (non-hydrogen) atoms. The monoisotopic (exact) mass is 273 g/mol. The van der Waals surface area contributed by atoms with Gasteiger partial charge in [0.25, 0.3) is 0 Å². The number of hydrogen-bond acceptors (Lipinski definition) is 0. The molecule has 0 fully saturated rings. The van der Waals surface area contributed by atoms with Crippen molar-refractivity contribution in [2.45, 2.75) is 25.7 Å². The molecule has 0 bridgehead atoms. The van der Waals surface area contributed by atoms with Crippen molar-refractivity contribution < 1.29 is 0 Å². The van der Waals surface area contributed by atoms with E-state index in [1.165, 1.54) is 15.6 Å². The maximum absolute atomic E-state index is 3.87. The number of benzene rings is 1. The third-order valence-corrected chi connectivity index (χ3v) is 2.73. The second kappa shape index (κ2) is 4.85. The van der Waals surface area contributed by atoms with Crippen LogP contribution in [-0.2, 0) is 0 Å². The standard InChI is InChI=1S/C11H14I/c1-3-5-9(2)10-6-4-7-11(12)8-10/h4,6-9H,1,3,5H2,2H3. The molecule has 65 valence electrons. The minimum absolute atomic E-state index is 0.650. The van der Waals surface area contributed by atoms with Crippen molar-refractivity contribution in [1.29, 1.82) is 0 Å². The Morgan fingerprint density at radius 1 is 1.50 bits per heavy atom. The van der Waals surface area contributed by atoms with Crippen molar-refractivity contribution in [2.75, 3.05) is 0 Å². The highest BCUT2D eigenvalue weighted by molar-refractivity contribution is 14.1. The summed E-state index contributed by atoms with van der Waals surface area (Å²) in [4.78, 5) is 0. The lowest BCUT2D eigenvalue weighted by Crippen LogP contribution is -1.92. The summed E-state index contributed by atoms with van der Waals surface area (Å²) in [6.45, 7) is 6.13. The fourth-order valence-corrected chi connectivity index (χ4v) is 1.85. The van der Waals surface area contributed by atoms with Gasteiger partial charge in [-0.15, -0.1) is 0 Å². The number of rotatable bonds is 3. The van der Waals surface area contributed by atoms with Gasteiger partial charge in [0.1, 0.15) is 0 Å². The Kier molecular flexibility index (Phi) is 4.06. The first-order valence-corrected chi connectivity index (χ1v) is 5.36. The molecule has 1 atom stereocenters. The molecular formula is C11H14I. The SMILES string of the molecule is [CH2]CCC(C)c1cccc(I)c1. The molecule has 0 saturated heterocycles. The van der Waals surface area contributed by atoms with Crippen LogP contribution in [0, 0.1) is 10.5 Å². The molecule has 1 heteroatoms. The number of halogens is 1. The van der Waals surface area contributed by atoms with E-state index in [0.717, 1.165) is 6.42 Å². The van der Waals surface area contributed by atoms with Gasteiger partial charge in [-0.05, 0) is 52.6 Å². The second-order valence-corrected chi connectivity index (χ2v) is 4.34. The number of hydrogen-bond donors (Lipinski definition) is 0. The van der Waals surface area contributed by atoms with Gasteiger partial charge >= 0.3 is 0 Å². The van der Waals surface area contributed by atoms with Crippen molar-refractivity contribution in [3.8, 4) is 0 Å². The lowest BCUT2D eigenvalue weighted by molar-refractivity contribution is 0.689. The van der Waals surface area contributed by atoms with E-state index in [4.69, 9.17) is 0 Å². The third-order valence-electron chi connectivity index (χ3n) is 2.05. The van der Waals surface area contributed by atoms with Gasteiger partial charge in [-0.1, -0.05) is 32.4 Å². The molecule has 0 aromatic heterocycles. The average molecular weight is 273 g/mol. The summed E-state index contributed by atoms with van der Waals surface area (Å²) in [5, 5.41) is 0. The molecule has 1 rings (SSSR count). The maximum atomic E-state index is 3.87. The van der Waals surface area contributed by atoms with Crippen LogP contribution in [-0.4, -0.2) is 0 Å². The van der Waals surface area contributed by atoms with Crippen molar-refractivity contribution >= 4 is 22.6 Å². The summed E-state index contributed by atoms with van der Waals surface area (Å²) >= 11 is 2.35. The minimum atomic E-state index is 0.650. The van der Waals surface area contributed by atoms with E-state index in [9.17, 15) is 0 Å². The molecule has 1 unspecified atom stereocenters. The summed E-state index contributed by atoms with van der Waals surface area (Å²) in [7, 11) is 0. The molecule has 1 aromatic carbocycles. The molecule has 0 nitrogen and oxygen atoms in total. The zero-order chi connectivity index (χ0) is 8.97. The largest absolute Gasteiger partial charge is 0.0609 e. The highest BCUT2D eigenvalue weighted by atomic mass is 127. The fraction of sp³-hybridized carbons (Fsp3) is 0.364. The fourth-order valence-electron chi connectivity index (χ4n) is 1.29. The Hall–Kier alpha value is -0.0500. The van der Waals surface area contributed by atoms with Crippen LogP contribution in [0.3, 0.4) is 0 Å². The molecule has 1 aromatic rings. The topological polar surface area (TPSA) is 0 Å². The molecule has 0 amide bonds. The maximum Gasteiger partial charge on any atom is 0.0133 e. The Labute approximate surface area is 88.5 Å². The van der Waals surface area contributed by atoms with Gasteiger partial charge in [0.2, 0.25) is 0 Å². The van der Waals surface area contributed by atoms with Gasteiger partial charge in [0.05, 0.1) is 0 Å². The molecule has 0 spiro atoms. The zero-order valence-electron chi connectivity index (χ0n) is 7.39. The smallest absolute Gasteiger partial charge is 0.0133 e. The minimum Gasteiger partial charge on any atom is -0.0609 e. The summed E-state index contributed by atoms with van der Waals surface area (Å²) < 4.78 is 1.32. The van der Waals surface area contributed by atoms with Gasteiger partial charge in [-0.25, -0.2) is 0 Å². The summed E-state index contributed by atoms with van der Waals surface area (Å²) in [5.74, 6) is 0.650. The van der Waals surface area contributed by atoms with Crippen molar-refractivity contribution in [3.05, 3.63) is 40.3 Å². The van der Waals surface area contributed by atoms with Crippen LogP contribution in [0.25, 0.3) is 0 Å². The van der Waals surface area contributed by atoms with E-state index >= 15 is 0 Å². The Morgan fingerprint density at radius 3 is 2.83 bits per heavy atom. The van der Waals surface area contributed by atoms with E-state index in [0.29, 0.717) is 5.92 Å². The molecule has 0 aliphatic rings. The first kappa shape index (κ1) is 10.0. The van der Waals surface area contributed by atoms with Crippen LogP contribution >= 0.6 is 22.6 Å². The molecule has 0 aliphatic carbocycles. The Bertz CT molecular complexity index is 243. The average Bonchev–Trinajstić information content (AvgIpc) is 2.05. The molecule has 0 N–H and O–H groups in total. The summed E-state index contributed by atoms with van der Waals surface area (Å²) in [5.41, 5.74) is 1.44. The van der Waals surface area contributed by atoms with Crippen molar-refractivity contribution in [3.63, 3.8) is 0 Å². The third kappa shape index (κ3) is 2.77. The van der Waals surface area contributed by atoms with E-state index < -0.39 is 0 Å². The van der Waals surface area contributed by atoms with Gasteiger partial charge < -0.3 is 0 Å². The highest BCUT2D eigenvalue weighted by Gasteiger charge is 2.03. The summed E-state index contributed by atoms with van der Waals surface area (Å²) in [6, 6.07) is 8.70. The first-order chi connectivity index (χ1) is 5.74. The van der Waals surface area contributed by atoms with E-state index in [-0.39, 0.29) is 0 Å².